The van der Waals surface area contributed by atoms with Crippen LogP contribution in [0.25, 0.3) is 22.0 Å². The van der Waals surface area contributed by atoms with Gasteiger partial charge in [0.05, 0.1) is 11.9 Å². The summed E-state index contributed by atoms with van der Waals surface area (Å²) in [5.74, 6) is 4.77. The molecule has 0 fully saturated rings. The molecule has 140 valence electrons. The van der Waals surface area contributed by atoms with E-state index in [1.807, 2.05) is 6.20 Å². The molecule has 0 aliphatic carbocycles. The molecular formula is C24H30N2Si. The number of nitrogens with one attached hydrogen (secondary N) is 1. The van der Waals surface area contributed by atoms with Crippen molar-refractivity contribution < 1.29 is 0 Å². The Morgan fingerprint density at radius 2 is 1.67 bits per heavy atom. The SMILES string of the molecule is C[C@H](c1ncc(-c2ccc3cc(C#C[Si](C)(C)C)ccc3c2)[nH]1)C(C)(C)C. The summed E-state index contributed by atoms with van der Waals surface area (Å²) in [6, 6.07) is 13.0. The molecule has 3 aromatic rings. The summed E-state index contributed by atoms with van der Waals surface area (Å²) in [5.41, 5.74) is 6.97. The lowest BCUT2D eigenvalue weighted by Crippen LogP contribution is -2.16. The topological polar surface area (TPSA) is 28.7 Å². The number of hydrogen-bond donors (Lipinski definition) is 1. The molecule has 0 saturated carbocycles. The Bertz CT molecular complexity index is 1020. The fraction of sp³-hybridized carbons (Fsp3) is 0.375. The number of nitrogens with zero attached hydrogens (tertiary/aromatic N) is 1. The number of fused-ring (bicyclic) bond motifs is 1. The van der Waals surface area contributed by atoms with E-state index in [1.165, 1.54) is 16.3 Å². The van der Waals surface area contributed by atoms with Crippen LogP contribution in [0.3, 0.4) is 0 Å². The number of H-pyrrole nitrogens is 1. The molecule has 0 unspecified atom stereocenters. The van der Waals surface area contributed by atoms with Gasteiger partial charge in [0.2, 0.25) is 0 Å². The molecule has 1 aromatic heterocycles. The number of hydrogen-bond acceptors (Lipinski definition) is 1. The lowest BCUT2D eigenvalue weighted by molar-refractivity contribution is 0.329. The Morgan fingerprint density at radius 1 is 1.00 bits per heavy atom. The number of aromatic amines is 1. The molecule has 3 heteroatoms. The number of rotatable bonds is 2. The third-order valence-corrected chi connectivity index (χ3v) is 5.91. The van der Waals surface area contributed by atoms with Gasteiger partial charge in [-0.2, -0.15) is 0 Å². The highest BCUT2D eigenvalue weighted by atomic mass is 28.3. The molecule has 0 radical (unpaired) electrons. The smallest absolute Gasteiger partial charge is 0.129 e. The molecule has 2 nitrogen and oxygen atoms in total. The first-order valence-electron chi connectivity index (χ1n) is 9.65. The third-order valence-electron chi connectivity index (χ3n) is 5.04. The van der Waals surface area contributed by atoms with Crippen LogP contribution in [0.2, 0.25) is 19.6 Å². The zero-order valence-corrected chi connectivity index (χ0v) is 18.6. The van der Waals surface area contributed by atoms with Gasteiger partial charge in [-0.25, -0.2) is 4.98 Å². The van der Waals surface area contributed by atoms with Crippen LogP contribution in [0.15, 0.2) is 42.6 Å². The molecule has 0 amide bonds. The maximum absolute atomic E-state index is 4.63. The first-order valence-corrected chi connectivity index (χ1v) is 13.2. The van der Waals surface area contributed by atoms with E-state index >= 15 is 0 Å². The van der Waals surface area contributed by atoms with Gasteiger partial charge >= 0.3 is 0 Å². The van der Waals surface area contributed by atoms with E-state index in [0.717, 1.165) is 17.1 Å². The summed E-state index contributed by atoms with van der Waals surface area (Å²) in [6.07, 6.45) is 1.95. The minimum absolute atomic E-state index is 0.186. The fourth-order valence-corrected chi connectivity index (χ4v) is 3.38. The highest BCUT2D eigenvalue weighted by Crippen LogP contribution is 2.34. The Hall–Kier alpha value is -2.31. The van der Waals surface area contributed by atoms with Crippen LogP contribution >= 0.6 is 0 Å². The maximum atomic E-state index is 4.63. The molecule has 1 heterocycles. The van der Waals surface area contributed by atoms with Gasteiger partial charge in [0.1, 0.15) is 13.9 Å². The average molecular weight is 375 g/mol. The predicted molar refractivity (Wildman–Crippen MR) is 120 cm³/mol. The molecule has 0 aliphatic rings. The summed E-state index contributed by atoms with van der Waals surface area (Å²) in [6.45, 7) is 15.8. The van der Waals surface area contributed by atoms with Crippen molar-refractivity contribution >= 4 is 18.8 Å². The third kappa shape index (κ3) is 4.70. The summed E-state index contributed by atoms with van der Waals surface area (Å²) < 4.78 is 0. The minimum Gasteiger partial charge on any atom is -0.342 e. The largest absolute Gasteiger partial charge is 0.342 e. The minimum atomic E-state index is -1.35. The van der Waals surface area contributed by atoms with Crippen LogP contribution in [-0.4, -0.2) is 18.0 Å². The summed E-state index contributed by atoms with van der Waals surface area (Å²) in [5, 5.41) is 2.45. The van der Waals surface area contributed by atoms with Gasteiger partial charge in [0, 0.05) is 17.0 Å². The summed E-state index contributed by atoms with van der Waals surface area (Å²) in [7, 11) is -1.35. The van der Waals surface area contributed by atoms with Crippen LogP contribution in [0.1, 0.15) is 45.0 Å². The van der Waals surface area contributed by atoms with Crippen molar-refractivity contribution in [3.05, 3.63) is 54.0 Å². The highest BCUT2D eigenvalue weighted by Gasteiger charge is 2.24. The van der Waals surface area contributed by atoms with Gasteiger partial charge in [-0.1, -0.05) is 71.5 Å². The summed E-state index contributed by atoms with van der Waals surface area (Å²) >= 11 is 0. The zero-order valence-electron chi connectivity index (χ0n) is 17.6. The van der Waals surface area contributed by atoms with Crippen LogP contribution in [0, 0.1) is 16.9 Å². The van der Waals surface area contributed by atoms with E-state index < -0.39 is 8.07 Å². The number of benzene rings is 2. The molecule has 2 aromatic carbocycles. The normalized spacial score (nSPS) is 13.3. The molecule has 0 bridgehead atoms. The van der Waals surface area contributed by atoms with Gasteiger partial charge in [-0.05, 0) is 34.4 Å². The number of imidazole rings is 1. The highest BCUT2D eigenvalue weighted by molar-refractivity contribution is 6.83. The van der Waals surface area contributed by atoms with E-state index in [4.69, 9.17) is 0 Å². The first-order chi connectivity index (χ1) is 12.5. The van der Waals surface area contributed by atoms with Crippen LogP contribution in [0.5, 0.6) is 0 Å². The average Bonchev–Trinajstić information content (AvgIpc) is 3.07. The predicted octanol–water partition coefficient (Wildman–Crippen LogP) is 6.61. The van der Waals surface area contributed by atoms with Gasteiger partial charge in [0.25, 0.3) is 0 Å². The maximum Gasteiger partial charge on any atom is 0.129 e. The Labute approximate surface area is 164 Å². The van der Waals surface area contributed by atoms with Gasteiger partial charge in [-0.15, -0.1) is 5.54 Å². The van der Waals surface area contributed by atoms with Gasteiger partial charge in [-0.3, -0.25) is 0 Å². The quantitative estimate of drug-likeness (QED) is 0.397. The lowest BCUT2D eigenvalue weighted by Gasteiger charge is -2.25. The fourth-order valence-electron chi connectivity index (χ4n) is 2.86. The lowest BCUT2D eigenvalue weighted by atomic mass is 9.82. The molecular weight excluding hydrogens is 344 g/mol. The van der Waals surface area contributed by atoms with Crippen LogP contribution in [-0.2, 0) is 0 Å². The second kappa shape index (κ2) is 7.02. The van der Waals surface area contributed by atoms with Crippen molar-refractivity contribution in [3.63, 3.8) is 0 Å². The second-order valence-corrected chi connectivity index (χ2v) is 14.3. The van der Waals surface area contributed by atoms with E-state index in [-0.39, 0.29) is 5.41 Å². The van der Waals surface area contributed by atoms with Crippen molar-refractivity contribution in [1.29, 1.82) is 0 Å². The van der Waals surface area contributed by atoms with E-state index in [1.54, 1.807) is 0 Å². The monoisotopic (exact) mass is 374 g/mol. The van der Waals surface area contributed by atoms with E-state index in [0.29, 0.717) is 5.92 Å². The molecule has 0 saturated heterocycles. The molecule has 0 spiro atoms. The first kappa shape index (κ1) is 19.4. The van der Waals surface area contributed by atoms with Crippen LogP contribution in [0.4, 0.5) is 0 Å². The van der Waals surface area contributed by atoms with Gasteiger partial charge < -0.3 is 4.98 Å². The van der Waals surface area contributed by atoms with Gasteiger partial charge in [0.15, 0.2) is 0 Å². The van der Waals surface area contributed by atoms with E-state index in [9.17, 15) is 0 Å². The van der Waals surface area contributed by atoms with E-state index in [2.05, 4.69) is 105 Å². The van der Waals surface area contributed by atoms with Crippen molar-refractivity contribution in [2.24, 2.45) is 5.41 Å². The Kier molecular flexibility index (Phi) is 5.05. The number of aromatic nitrogens is 2. The summed E-state index contributed by atoms with van der Waals surface area (Å²) in [4.78, 5) is 8.15. The van der Waals surface area contributed by atoms with Crippen molar-refractivity contribution in [2.45, 2.75) is 53.3 Å². The zero-order chi connectivity index (χ0) is 19.8. The Morgan fingerprint density at radius 3 is 2.33 bits per heavy atom. The van der Waals surface area contributed by atoms with Crippen molar-refractivity contribution in [2.75, 3.05) is 0 Å². The van der Waals surface area contributed by atoms with Crippen molar-refractivity contribution in [1.82, 2.24) is 9.97 Å². The molecule has 27 heavy (non-hydrogen) atoms. The van der Waals surface area contributed by atoms with Crippen LogP contribution < -0.4 is 0 Å². The molecule has 1 atom stereocenters. The molecule has 1 N–H and O–H groups in total. The second-order valence-electron chi connectivity index (χ2n) is 9.55. The molecule has 3 rings (SSSR count). The van der Waals surface area contributed by atoms with Crippen molar-refractivity contribution in [3.8, 4) is 22.7 Å². The standard InChI is InChI=1S/C24H30N2Si/c1-17(24(2,3)4)23-25-16-22(26-23)21-11-10-19-14-18(8-9-20(19)15-21)12-13-27(5,6)7/h8-11,14-17H,1-7H3,(H,25,26)/t17-/m1/s1. The Balaban J connectivity index is 1.91. The molecule has 0 aliphatic heterocycles.